The van der Waals surface area contributed by atoms with Crippen LogP contribution in [0.15, 0.2) is 48.5 Å². The number of para-hydroxylation sites is 1. The number of ether oxygens (including phenoxy) is 1. The van der Waals surface area contributed by atoms with E-state index in [4.69, 9.17) is 10.5 Å². The molecule has 0 heterocycles. The van der Waals surface area contributed by atoms with Gasteiger partial charge in [-0.05, 0) is 24.3 Å². The third-order valence-corrected chi connectivity index (χ3v) is 2.27. The quantitative estimate of drug-likeness (QED) is 0.772. The van der Waals surface area contributed by atoms with Gasteiger partial charge >= 0.3 is 0 Å². The van der Waals surface area contributed by atoms with Crippen LogP contribution in [0.5, 0.6) is 11.5 Å². The van der Waals surface area contributed by atoms with E-state index in [0.29, 0.717) is 5.69 Å². The van der Waals surface area contributed by atoms with Crippen LogP contribution in [0.25, 0.3) is 0 Å². The van der Waals surface area contributed by atoms with Crippen molar-refractivity contribution in [1.82, 2.24) is 0 Å². The van der Waals surface area contributed by atoms with E-state index in [1.807, 2.05) is 55.6 Å². The Kier molecular flexibility index (Phi) is 2.96. The first kappa shape index (κ1) is 10.4. The van der Waals surface area contributed by atoms with Crippen LogP contribution in [0.2, 0.25) is 0 Å². The molecule has 0 saturated heterocycles. The van der Waals surface area contributed by atoms with Crippen LogP contribution in [0.1, 0.15) is 0 Å². The Hall–Kier alpha value is -2.16. The zero-order valence-corrected chi connectivity index (χ0v) is 9.10. The highest BCUT2D eigenvalue weighted by Crippen LogP contribution is 2.27. The first-order valence-corrected chi connectivity index (χ1v) is 5.10. The van der Waals surface area contributed by atoms with E-state index in [9.17, 15) is 0 Å². The predicted molar refractivity (Wildman–Crippen MR) is 66.9 cm³/mol. The van der Waals surface area contributed by atoms with E-state index in [1.165, 1.54) is 0 Å². The van der Waals surface area contributed by atoms with Crippen LogP contribution in [0.4, 0.5) is 11.4 Å². The van der Waals surface area contributed by atoms with Crippen molar-refractivity contribution in [3.05, 3.63) is 48.5 Å². The third-order valence-electron chi connectivity index (χ3n) is 2.27. The highest BCUT2D eigenvalue weighted by Gasteiger charge is 2.00. The predicted octanol–water partition coefficient (Wildman–Crippen LogP) is 3.10. The second-order valence-corrected chi connectivity index (χ2v) is 3.41. The largest absolute Gasteiger partial charge is 0.457 e. The first-order chi connectivity index (χ1) is 7.79. The molecule has 0 fully saturated rings. The van der Waals surface area contributed by atoms with Crippen LogP contribution in [0.3, 0.4) is 0 Å². The topological polar surface area (TPSA) is 47.3 Å². The number of anilines is 2. The van der Waals surface area contributed by atoms with E-state index in [1.54, 1.807) is 0 Å². The summed E-state index contributed by atoms with van der Waals surface area (Å²) in [5.41, 5.74) is 7.36. The molecule has 0 aliphatic carbocycles. The average molecular weight is 214 g/mol. The minimum absolute atomic E-state index is 0.711. The van der Waals surface area contributed by atoms with Gasteiger partial charge in [0.2, 0.25) is 0 Å². The summed E-state index contributed by atoms with van der Waals surface area (Å²) in [6.45, 7) is 0. The smallest absolute Gasteiger partial charge is 0.129 e. The summed E-state index contributed by atoms with van der Waals surface area (Å²) < 4.78 is 5.68. The summed E-state index contributed by atoms with van der Waals surface area (Å²) in [7, 11) is 1.83. The molecular weight excluding hydrogens is 200 g/mol. The fourth-order valence-corrected chi connectivity index (χ4v) is 1.44. The zero-order chi connectivity index (χ0) is 11.4. The lowest BCUT2D eigenvalue weighted by molar-refractivity contribution is 0.483. The third kappa shape index (κ3) is 2.25. The lowest BCUT2D eigenvalue weighted by Gasteiger charge is -2.09. The summed E-state index contributed by atoms with van der Waals surface area (Å²) in [6.07, 6.45) is 0. The van der Waals surface area contributed by atoms with Gasteiger partial charge in [0.1, 0.15) is 11.5 Å². The molecule has 0 spiro atoms. The molecule has 0 aliphatic rings. The van der Waals surface area contributed by atoms with E-state index < -0.39 is 0 Å². The highest BCUT2D eigenvalue weighted by molar-refractivity contribution is 5.68. The summed E-state index contributed by atoms with van der Waals surface area (Å²) in [5.74, 6) is 1.58. The molecule has 0 aliphatic heterocycles. The van der Waals surface area contributed by atoms with Gasteiger partial charge in [0.15, 0.2) is 0 Å². The molecule has 0 unspecified atom stereocenters. The normalized spacial score (nSPS) is 9.81. The van der Waals surface area contributed by atoms with Crippen LogP contribution in [0, 0.1) is 0 Å². The van der Waals surface area contributed by atoms with Gasteiger partial charge in [0.05, 0.1) is 11.4 Å². The fraction of sp³-hybridized carbons (Fsp3) is 0.0769. The van der Waals surface area contributed by atoms with Gasteiger partial charge in [0.25, 0.3) is 0 Å². The highest BCUT2D eigenvalue weighted by atomic mass is 16.5. The van der Waals surface area contributed by atoms with Gasteiger partial charge in [-0.15, -0.1) is 0 Å². The Labute approximate surface area is 94.9 Å². The molecule has 3 nitrogen and oxygen atoms in total. The number of hydrogen-bond acceptors (Lipinski definition) is 3. The number of nitrogens with two attached hydrogens (primary N) is 1. The van der Waals surface area contributed by atoms with Crippen LogP contribution in [-0.4, -0.2) is 7.05 Å². The standard InChI is InChI=1S/C13H14N2O/c1-15-13-9-11(7-8-12(13)14)16-10-5-3-2-4-6-10/h2-9,15H,14H2,1H3. The fourth-order valence-electron chi connectivity index (χ4n) is 1.44. The molecule has 2 aromatic rings. The molecule has 0 atom stereocenters. The first-order valence-electron chi connectivity index (χ1n) is 5.10. The molecule has 82 valence electrons. The van der Waals surface area contributed by atoms with Crippen molar-refractivity contribution >= 4 is 11.4 Å². The van der Waals surface area contributed by atoms with Crippen molar-refractivity contribution in [3.63, 3.8) is 0 Å². The van der Waals surface area contributed by atoms with Crippen LogP contribution >= 0.6 is 0 Å². The van der Waals surface area contributed by atoms with Gasteiger partial charge in [-0.25, -0.2) is 0 Å². The Morgan fingerprint density at radius 3 is 2.44 bits per heavy atom. The lowest BCUT2D eigenvalue weighted by atomic mass is 10.2. The summed E-state index contributed by atoms with van der Waals surface area (Å²) in [6, 6.07) is 15.2. The van der Waals surface area contributed by atoms with Gasteiger partial charge in [-0.1, -0.05) is 18.2 Å². The maximum atomic E-state index is 5.78. The van der Waals surface area contributed by atoms with Crippen LogP contribution < -0.4 is 15.8 Å². The SMILES string of the molecule is CNc1cc(Oc2ccccc2)ccc1N. The number of rotatable bonds is 3. The van der Waals surface area contributed by atoms with Crippen molar-refractivity contribution < 1.29 is 4.74 Å². The maximum absolute atomic E-state index is 5.78. The molecule has 0 bridgehead atoms. The second kappa shape index (κ2) is 4.57. The Morgan fingerprint density at radius 2 is 1.75 bits per heavy atom. The molecule has 16 heavy (non-hydrogen) atoms. The molecule has 3 heteroatoms. The van der Waals surface area contributed by atoms with Crippen molar-refractivity contribution in [1.29, 1.82) is 0 Å². The lowest BCUT2D eigenvalue weighted by Crippen LogP contribution is -1.95. The molecular formula is C13H14N2O. The van der Waals surface area contributed by atoms with Crippen molar-refractivity contribution in [3.8, 4) is 11.5 Å². The van der Waals surface area contributed by atoms with Crippen molar-refractivity contribution in [2.24, 2.45) is 0 Å². The number of benzene rings is 2. The van der Waals surface area contributed by atoms with Gasteiger partial charge in [-0.3, -0.25) is 0 Å². The Bertz CT molecular complexity index is 469. The molecule has 0 amide bonds. The monoisotopic (exact) mass is 214 g/mol. The summed E-state index contributed by atoms with van der Waals surface area (Å²) in [4.78, 5) is 0. The van der Waals surface area contributed by atoms with Gasteiger partial charge in [-0.2, -0.15) is 0 Å². The molecule has 3 N–H and O–H groups in total. The minimum Gasteiger partial charge on any atom is -0.457 e. The van der Waals surface area contributed by atoms with Gasteiger partial charge in [0, 0.05) is 13.1 Å². The van der Waals surface area contributed by atoms with Gasteiger partial charge < -0.3 is 15.8 Å². The average Bonchev–Trinajstić information content (AvgIpc) is 2.33. The van der Waals surface area contributed by atoms with E-state index >= 15 is 0 Å². The van der Waals surface area contributed by atoms with Crippen molar-refractivity contribution in [2.75, 3.05) is 18.1 Å². The number of nitrogens with one attached hydrogen (secondary N) is 1. The number of nitrogen functional groups attached to an aromatic ring is 1. The summed E-state index contributed by atoms with van der Waals surface area (Å²) >= 11 is 0. The maximum Gasteiger partial charge on any atom is 0.129 e. The second-order valence-electron chi connectivity index (χ2n) is 3.41. The number of hydrogen-bond donors (Lipinski definition) is 2. The van der Waals surface area contributed by atoms with Crippen LogP contribution in [-0.2, 0) is 0 Å². The van der Waals surface area contributed by atoms with E-state index in [-0.39, 0.29) is 0 Å². The molecule has 2 rings (SSSR count). The van der Waals surface area contributed by atoms with E-state index in [0.717, 1.165) is 17.2 Å². The molecule has 2 aromatic carbocycles. The molecule has 0 saturated carbocycles. The molecule has 0 radical (unpaired) electrons. The zero-order valence-electron chi connectivity index (χ0n) is 9.10. The van der Waals surface area contributed by atoms with Crippen molar-refractivity contribution in [2.45, 2.75) is 0 Å². The van der Waals surface area contributed by atoms with E-state index in [2.05, 4.69) is 5.32 Å². The Balaban J connectivity index is 2.22. The minimum atomic E-state index is 0.711. The Morgan fingerprint density at radius 1 is 1.00 bits per heavy atom. The summed E-state index contributed by atoms with van der Waals surface area (Å²) in [5, 5.41) is 3.02. The molecule has 0 aromatic heterocycles.